The molecule has 0 bridgehead atoms. The van der Waals surface area contributed by atoms with E-state index in [4.69, 9.17) is 4.74 Å². The highest BCUT2D eigenvalue weighted by molar-refractivity contribution is 5.78. The van der Waals surface area contributed by atoms with Crippen LogP contribution in [0.3, 0.4) is 0 Å². The lowest BCUT2D eigenvalue weighted by Crippen LogP contribution is -2.60. The third-order valence-electron chi connectivity index (χ3n) is 7.05. The molecular weight excluding hydrogens is 369 g/mol. The van der Waals surface area contributed by atoms with Gasteiger partial charge in [0.15, 0.2) is 0 Å². The molecule has 2 heterocycles. The number of hydrogen-bond donors (Lipinski definition) is 1. The number of ether oxygens (including phenoxy) is 1. The number of carbonyl (C=O) groups excluding carboxylic acids is 1. The molecule has 0 spiro atoms. The van der Waals surface area contributed by atoms with Crippen LogP contribution in [0.1, 0.15) is 56.6 Å². The number of rotatable bonds is 6. The molecule has 4 rings (SSSR count). The molecule has 1 aliphatic carbocycles. The van der Waals surface area contributed by atoms with E-state index in [2.05, 4.69) is 15.1 Å². The van der Waals surface area contributed by atoms with E-state index in [0.29, 0.717) is 6.54 Å². The molecule has 1 aromatic carbocycles. The van der Waals surface area contributed by atoms with Gasteiger partial charge in [-0.2, -0.15) is 0 Å². The van der Waals surface area contributed by atoms with E-state index in [0.717, 1.165) is 70.6 Å². The minimum atomic E-state index is -0.211. The fourth-order valence-electron chi connectivity index (χ4n) is 5.43. The van der Waals surface area contributed by atoms with E-state index in [1.165, 1.54) is 31.4 Å². The number of nitrogens with zero attached hydrogens (tertiary/aromatic N) is 2. The third-order valence-corrected chi connectivity index (χ3v) is 7.05. The van der Waals surface area contributed by atoms with Crippen molar-refractivity contribution in [1.29, 1.82) is 0 Å². The molecule has 2 aliphatic heterocycles. The number of benzene rings is 1. The van der Waals surface area contributed by atoms with Gasteiger partial charge in [0.25, 0.3) is 0 Å². The van der Waals surface area contributed by atoms with Crippen molar-refractivity contribution in [2.24, 2.45) is 0 Å². The molecule has 0 radical (unpaired) electrons. The molecular formula is C23H34FN3O2. The SMILES string of the molecule is O=C(CN1CCCC1c1ccc(F)cc1)NCC1(N2CCOCC2)CCCCC1. The monoisotopic (exact) mass is 403 g/mol. The van der Waals surface area contributed by atoms with Crippen molar-refractivity contribution in [1.82, 2.24) is 15.1 Å². The van der Waals surface area contributed by atoms with Gasteiger partial charge < -0.3 is 10.1 Å². The second kappa shape index (κ2) is 9.54. The first-order valence-electron chi connectivity index (χ1n) is 11.3. The predicted molar refractivity (Wildman–Crippen MR) is 111 cm³/mol. The highest BCUT2D eigenvalue weighted by Gasteiger charge is 2.39. The molecule has 3 fully saturated rings. The molecule has 1 amide bonds. The number of nitrogens with one attached hydrogen (secondary N) is 1. The molecule has 3 aliphatic rings. The molecule has 1 saturated carbocycles. The number of carbonyl (C=O) groups is 1. The number of hydrogen-bond acceptors (Lipinski definition) is 4. The van der Waals surface area contributed by atoms with Crippen LogP contribution >= 0.6 is 0 Å². The molecule has 160 valence electrons. The van der Waals surface area contributed by atoms with Gasteiger partial charge in [-0.3, -0.25) is 14.6 Å². The number of morpholine rings is 1. The Morgan fingerprint density at radius 1 is 1.07 bits per heavy atom. The summed E-state index contributed by atoms with van der Waals surface area (Å²) >= 11 is 0. The zero-order chi connectivity index (χ0) is 20.1. The van der Waals surface area contributed by atoms with Crippen LogP contribution in [0.2, 0.25) is 0 Å². The Hall–Kier alpha value is -1.50. The Morgan fingerprint density at radius 3 is 2.52 bits per heavy atom. The van der Waals surface area contributed by atoms with Crippen LogP contribution in [0.15, 0.2) is 24.3 Å². The molecule has 1 aromatic rings. The number of likely N-dealkylation sites (tertiary alicyclic amines) is 1. The summed E-state index contributed by atoms with van der Waals surface area (Å²) in [6.07, 6.45) is 8.21. The van der Waals surface area contributed by atoms with Gasteiger partial charge >= 0.3 is 0 Å². The number of halogens is 1. The van der Waals surface area contributed by atoms with E-state index < -0.39 is 0 Å². The maximum Gasteiger partial charge on any atom is 0.234 e. The summed E-state index contributed by atoms with van der Waals surface area (Å²) in [4.78, 5) is 17.6. The van der Waals surface area contributed by atoms with Gasteiger partial charge in [-0.15, -0.1) is 0 Å². The van der Waals surface area contributed by atoms with Gasteiger partial charge in [-0.05, 0) is 49.9 Å². The first kappa shape index (κ1) is 20.8. The van der Waals surface area contributed by atoms with Crippen LogP contribution in [0, 0.1) is 5.82 Å². The smallest absolute Gasteiger partial charge is 0.234 e. The maximum atomic E-state index is 13.3. The lowest BCUT2D eigenvalue weighted by Gasteiger charge is -2.48. The van der Waals surface area contributed by atoms with Crippen molar-refractivity contribution in [3.05, 3.63) is 35.6 Å². The van der Waals surface area contributed by atoms with Crippen LogP contribution < -0.4 is 5.32 Å². The second-order valence-corrected chi connectivity index (χ2v) is 8.84. The molecule has 5 nitrogen and oxygen atoms in total. The van der Waals surface area contributed by atoms with Crippen LogP contribution in [-0.4, -0.2) is 67.2 Å². The van der Waals surface area contributed by atoms with Gasteiger partial charge in [0.2, 0.25) is 5.91 Å². The first-order valence-corrected chi connectivity index (χ1v) is 11.3. The van der Waals surface area contributed by atoms with Gasteiger partial charge in [0.05, 0.1) is 19.8 Å². The average molecular weight is 404 g/mol. The zero-order valence-corrected chi connectivity index (χ0v) is 17.4. The Kier molecular flexibility index (Phi) is 6.83. The van der Waals surface area contributed by atoms with Gasteiger partial charge in [0.1, 0.15) is 5.82 Å². The Morgan fingerprint density at radius 2 is 1.79 bits per heavy atom. The van der Waals surface area contributed by atoms with E-state index in [-0.39, 0.29) is 23.3 Å². The Bertz CT molecular complexity index is 669. The van der Waals surface area contributed by atoms with Crippen LogP contribution in [0.4, 0.5) is 4.39 Å². The van der Waals surface area contributed by atoms with Crippen molar-refractivity contribution >= 4 is 5.91 Å². The van der Waals surface area contributed by atoms with Gasteiger partial charge in [0, 0.05) is 31.2 Å². The number of amides is 1. The standard InChI is InChI=1S/C23H34FN3O2/c24-20-8-6-19(7-9-20)21-5-4-12-26(21)17-22(28)25-18-23(10-2-1-3-11-23)27-13-15-29-16-14-27/h6-9,21H,1-5,10-18H2,(H,25,28). The minimum Gasteiger partial charge on any atom is -0.379 e. The molecule has 2 saturated heterocycles. The van der Waals surface area contributed by atoms with E-state index in [9.17, 15) is 9.18 Å². The van der Waals surface area contributed by atoms with Crippen LogP contribution in [0.25, 0.3) is 0 Å². The van der Waals surface area contributed by atoms with Crippen molar-refractivity contribution in [2.45, 2.75) is 56.5 Å². The van der Waals surface area contributed by atoms with E-state index in [1.807, 2.05) is 12.1 Å². The van der Waals surface area contributed by atoms with Crippen molar-refractivity contribution in [2.75, 3.05) is 45.9 Å². The fourth-order valence-corrected chi connectivity index (χ4v) is 5.43. The molecule has 1 N–H and O–H groups in total. The molecule has 1 unspecified atom stereocenters. The van der Waals surface area contributed by atoms with E-state index >= 15 is 0 Å². The summed E-state index contributed by atoms with van der Waals surface area (Å²) in [6, 6.07) is 6.95. The van der Waals surface area contributed by atoms with Crippen LogP contribution in [-0.2, 0) is 9.53 Å². The lowest BCUT2D eigenvalue weighted by atomic mass is 9.79. The average Bonchev–Trinajstić information content (AvgIpc) is 3.22. The van der Waals surface area contributed by atoms with Gasteiger partial charge in [-0.25, -0.2) is 4.39 Å². The van der Waals surface area contributed by atoms with Crippen LogP contribution in [0.5, 0.6) is 0 Å². The third kappa shape index (κ3) is 4.98. The van der Waals surface area contributed by atoms with Crippen molar-refractivity contribution < 1.29 is 13.9 Å². The topological polar surface area (TPSA) is 44.8 Å². The van der Waals surface area contributed by atoms with E-state index in [1.54, 1.807) is 0 Å². The first-order chi connectivity index (χ1) is 14.2. The Balaban J connectivity index is 1.35. The van der Waals surface area contributed by atoms with Gasteiger partial charge in [-0.1, -0.05) is 31.4 Å². The lowest BCUT2D eigenvalue weighted by molar-refractivity contribution is -0.123. The highest BCUT2D eigenvalue weighted by Crippen LogP contribution is 2.34. The highest BCUT2D eigenvalue weighted by atomic mass is 19.1. The molecule has 6 heteroatoms. The summed E-state index contributed by atoms with van der Waals surface area (Å²) in [5, 5.41) is 3.28. The summed E-state index contributed by atoms with van der Waals surface area (Å²) < 4.78 is 18.8. The maximum absolute atomic E-state index is 13.3. The molecule has 0 aromatic heterocycles. The van der Waals surface area contributed by atoms with Crippen molar-refractivity contribution in [3.63, 3.8) is 0 Å². The summed E-state index contributed by atoms with van der Waals surface area (Å²) in [6.45, 7) is 5.60. The zero-order valence-electron chi connectivity index (χ0n) is 17.4. The predicted octanol–water partition coefficient (Wildman–Crippen LogP) is 3.11. The largest absolute Gasteiger partial charge is 0.379 e. The van der Waals surface area contributed by atoms with Crippen molar-refractivity contribution in [3.8, 4) is 0 Å². The summed E-state index contributed by atoms with van der Waals surface area (Å²) in [5.41, 5.74) is 1.20. The fraction of sp³-hybridized carbons (Fsp3) is 0.696. The second-order valence-electron chi connectivity index (χ2n) is 8.84. The normalized spacial score (nSPS) is 25.8. The summed E-state index contributed by atoms with van der Waals surface area (Å²) in [7, 11) is 0. The molecule has 1 atom stereocenters. The summed E-state index contributed by atoms with van der Waals surface area (Å²) in [5.74, 6) is -0.103. The molecule has 29 heavy (non-hydrogen) atoms. The quantitative estimate of drug-likeness (QED) is 0.793. The Labute approximate surface area is 173 Å². The minimum absolute atomic E-state index is 0.0963.